The molecule has 0 spiro atoms. The second-order valence-corrected chi connectivity index (χ2v) is 5.15. The number of amidine groups is 1. The summed E-state index contributed by atoms with van der Waals surface area (Å²) >= 11 is 3.48. The summed E-state index contributed by atoms with van der Waals surface area (Å²) in [7, 11) is 0. The minimum atomic E-state index is 0.0193. The van der Waals surface area contributed by atoms with Crippen LogP contribution < -0.4 is 10.5 Å². The summed E-state index contributed by atoms with van der Waals surface area (Å²) in [6.07, 6.45) is 0. The molecule has 0 fully saturated rings. The number of hydrogen-bond acceptors (Lipinski definition) is 2. The van der Waals surface area contributed by atoms with E-state index in [0.717, 1.165) is 15.6 Å². The van der Waals surface area contributed by atoms with Gasteiger partial charge < -0.3 is 10.5 Å². The van der Waals surface area contributed by atoms with E-state index in [2.05, 4.69) is 15.9 Å². The highest BCUT2D eigenvalue weighted by molar-refractivity contribution is 9.10. The third-order valence-corrected chi connectivity index (χ3v) is 3.54. The molecule has 98 valence electrons. The number of ether oxygens (including phenoxy) is 1. The Kier molecular flexibility index (Phi) is 4.22. The Hall–Kier alpha value is -1.81. The van der Waals surface area contributed by atoms with Gasteiger partial charge in [-0.25, -0.2) is 0 Å². The van der Waals surface area contributed by atoms with Gasteiger partial charge in [-0.3, -0.25) is 5.41 Å². The van der Waals surface area contributed by atoms with Gasteiger partial charge in [0, 0.05) is 10.0 Å². The molecule has 3 N–H and O–H groups in total. The first-order valence-corrected chi connectivity index (χ1v) is 6.68. The first kappa shape index (κ1) is 13.6. The van der Waals surface area contributed by atoms with Crippen LogP contribution in [-0.4, -0.2) is 5.84 Å². The Morgan fingerprint density at radius 2 is 2.00 bits per heavy atom. The largest absolute Gasteiger partial charge is 0.488 e. The Balaban J connectivity index is 2.20. The molecule has 4 heteroatoms. The monoisotopic (exact) mass is 318 g/mol. The van der Waals surface area contributed by atoms with Crippen molar-refractivity contribution >= 4 is 21.8 Å². The van der Waals surface area contributed by atoms with Crippen molar-refractivity contribution in [1.82, 2.24) is 0 Å². The average Bonchev–Trinajstić information content (AvgIpc) is 2.38. The molecule has 2 aromatic rings. The molecule has 0 amide bonds. The topological polar surface area (TPSA) is 59.1 Å². The molecule has 0 saturated carbocycles. The summed E-state index contributed by atoms with van der Waals surface area (Å²) in [6.45, 7) is 2.40. The molecule has 0 saturated heterocycles. The van der Waals surface area contributed by atoms with Gasteiger partial charge in [0.1, 0.15) is 18.2 Å². The van der Waals surface area contributed by atoms with Crippen LogP contribution in [0.3, 0.4) is 0 Å². The normalized spacial score (nSPS) is 10.2. The number of rotatable bonds is 4. The van der Waals surface area contributed by atoms with Crippen molar-refractivity contribution in [3.63, 3.8) is 0 Å². The molecular formula is C15H15BrN2O. The molecule has 0 atom stereocenters. The lowest BCUT2D eigenvalue weighted by molar-refractivity contribution is 0.305. The molecule has 0 bridgehead atoms. The Labute approximate surface area is 121 Å². The maximum atomic E-state index is 7.59. The molecule has 0 aliphatic heterocycles. The molecule has 2 aromatic carbocycles. The zero-order valence-corrected chi connectivity index (χ0v) is 12.2. The maximum Gasteiger partial charge on any atom is 0.130 e. The van der Waals surface area contributed by atoms with Gasteiger partial charge in [0.2, 0.25) is 0 Å². The number of aryl methyl sites for hydroxylation is 1. The van der Waals surface area contributed by atoms with Crippen molar-refractivity contribution in [2.75, 3.05) is 0 Å². The Morgan fingerprint density at radius 3 is 2.68 bits per heavy atom. The van der Waals surface area contributed by atoms with Crippen LogP contribution in [0, 0.1) is 12.3 Å². The van der Waals surface area contributed by atoms with Gasteiger partial charge in [0.25, 0.3) is 0 Å². The second kappa shape index (κ2) is 5.89. The van der Waals surface area contributed by atoms with E-state index in [4.69, 9.17) is 15.9 Å². The highest BCUT2D eigenvalue weighted by Crippen LogP contribution is 2.23. The highest BCUT2D eigenvalue weighted by atomic mass is 79.9. The number of hydrogen-bond donors (Lipinski definition) is 2. The van der Waals surface area contributed by atoms with Crippen molar-refractivity contribution in [1.29, 1.82) is 5.41 Å². The molecule has 19 heavy (non-hydrogen) atoms. The molecule has 0 heterocycles. The predicted molar refractivity (Wildman–Crippen MR) is 80.7 cm³/mol. The first-order chi connectivity index (χ1) is 9.08. The van der Waals surface area contributed by atoms with E-state index < -0.39 is 0 Å². The van der Waals surface area contributed by atoms with Crippen LogP contribution in [-0.2, 0) is 6.61 Å². The third-order valence-electron chi connectivity index (χ3n) is 2.77. The van der Waals surface area contributed by atoms with Crippen LogP contribution in [0.5, 0.6) is 5.75 Å². The minimum absolute atomic E-state index is 0.0193. The zero-order valence-electron chi connectivity index (χ0n) is 10.6. The minimum Gasteiger partial charge on any atom is -0.488 e. The van der Waals surface area contributed by atoms with Gasteiger partial charge in [-0.2, -0.15) is 0 Å². The summed E-state index contributed by atoms with van der Waals surface area (Å²) in [5.74, 6) is 0.652. The maximum absolute atomic E-state index is 7.59. The molecular weight excluding hydrogens is 304 g/mol. The average molecular weight is 319 g/mol. The van der Waals surface area contributed by atoms with E-state index in [9.17, 15) is 0 Å². The predicted octanol–water partition coefficient (Wildman–Crippen LogP) is 3.62. The lowest BCUT2D eigenvalue weighted by Gasteiger charge is -2.12. The summed E-state index contributed by atoms with van der Waals surface area (Å²) in [5.41, 5.74) is 8.32. The van der Waals surface area contributed by atoms with Gasteiger partial charge in [-0.1, -0.05) is 45.8 Å². The van der Waals surface area contributed by atoms with E-state index in [1.54, 1.807) is 0 Å². The van der Waals surface area contributed by atoms with Gasteiger partial charge in [0.15, 0.2) is 0 Å². The van der Waals surface area contributed by atoms with Gasteiger partial charge in [-0.05, 0) is 25.1 Å². The summed E-state index contributed by atoms with van der Waals surface area (Å²) in [4.78, 5) is 0. The zero-order chi connectivity index (χ0) is 13.8. The molecule has 2 rings (SSSR count). The van der Waals surface area contributed by atoms with Crippen LogP contribution in [0.4, 0.5) is 0 Å². The van der Waals surface area contributed by atoms with Gasteiger partial charge in [-0.15, -0.1) is 0 Å². The first-order valence-electron chi connectivity index (χ1n) is 5.89. The highest BCUT2D eigenvalue weighted by Gasteiger charge is 2.08. The quantitative estimate of drug-likeness (QED) is 0.668. The van der Waals surface area contributed by atoms with E-state index in [1.165, 1.54) is 0 Å². The molecule has 3 nitrogen and oxygen atoms in total. The lowest BCUT2D eigenvalue weighted by Crippen LogP contribution is -2.13. The fourth-order valence-electron chi connectivity index (χ4n) is 1.75. The smallest absolute Gasteiger partial charge is 0.130 e. The van der Waals surface area contributed by atoms with E-state index in [1.807, 2.05) is 49.4 Å². The van der Waals surface area contributed by atoms with E-state index in [0.29, 0.717) is 17.9 Å². The van der Waals surface area contributed by atoms with E-state index in [-0.39, 0.29) is 5.84 Å². The van der Waals surface area contributed by atoms with Crippen LogP contribution in [0.2, 0.25) is 0 Å². The summed E-state index contributed by atoms with van der Waals surface area (Å²) in [5, 5.41) is 7.59. The molecule has 0 aliphatic rings. The number of benzene rings is 2. The lowest BCUT2D eigenvalue weighted by atomic mass is 10.1. The SMILES string of the molecule is Cc1ccc(OCc2ccccc2Br)c(C(=N)N)c1. The van der Waals surface area contributed by atoms with Crippen molar-refractivity contribution in [2.45, 2.75) is 13.5 Å². The second-order valence-electron chi connectivity index (χ2n) is 4.29. The number of halogens is 1. The molecule has 0 radical (unpaired) electrons. The molecule has 0 aromatic heterocycles. The Morgan fingerprint density at radius 1 is 1.26 bits per heavy atom. The fourth-order valence-corrected chi connectivity index (χ4v) is 2.15. The van der Waals surface area contributed by atoms with Crippen LogP contribution in [0.15, 0.2) is 46.9 Å². The standard InChI is InChI=1S/C15H15BrN2O/c1-10-6-7-14(12(8-10)15(17)18)19-9-11-4-2-3-5-13(11)16/h2-8H,9H2,1H3,(H3,17,18). The number of nitrogen functional groups attached to an aromatic ring is 1. The van der Waals surface area contributed by atoms with Crippen molar-refractivity contribution in [3.8, 4) is 5.75 Å². The fraction of sp³-hybridized carbons (Fsp3) is 0.133. The van der Waals surface area contributed by atoms with Crippen molar-refractivity contribution < 1.29 is 4.74 Å². The molecule has 0 aliphatic carbocycles. The number of nitrogens with one attached hydrogen (secondary N) is 1. The van der Waals surface area contributed by atoms with E-state index >= 15 is 0 Å². The molecule has 0 unspecified atom stereocenters. The van der Waals surface area contributed by atoms with Gasteiger partial charge >= 0.3 is 0 Å². The Bertz CT molecular complexity index is 611. The van der Waals surface area contributed by atoms with Crippen LogP contribution >= 0.6 is 15.9 Å². The van der Waals surface area contributed by atoms with Gasteiger partial charge in [0.05, 0.1) is 5.56 Å². The van der Waals surface area contributed by atoms with Crippen molar-refractivity contribution in [2.24, 2.45) is 5.73 Å². The third kappa shape index (κ3) is 3.35. The summed E-state index contributed by atoms with van der Waals surface area (Å²) in [6, 6.07) is 13.5. The van der Waals surface area contributed by atoms with Crippen LogP contribution in [0.25, 0.3) is 0 Å². The summed E-state index contributed by atoms with van der Waals surface area (Å²) < 4.78 is 6.78. The van der Waals surface area contributed by atoms with Crippen LogP contribution in [0.1, 0.15) is 16.7 Å². The number of nitrogens with two attached hydrogens (primary N) is 1. The van der Waals surface area contributed by atoms with Crippen molar-refractivity contribution in [3.05, 3.63) is 63.6 Å².